The van der Waals surface area contributed by atoms with Gasteiger partial charge in [-0.15, -0.1) is 0 Å². The highest BCUT2D eigenvalue weighted by Crippen LogP contribution is 2.34. The average molecular weight is 320 g/mol. The highest BCUT2D eigenvalue weighted by Gasteiger charge is 2.32. The third-order valence-electron chi connectivity index (χ3n) is 4.31. The van der Waals surface area contributed by atoms with Gasteiger partial charge in [0, 0.05) is 19.1 Å². The minimum Gasteiger partial charge on any atom is -0.357 e. The van der Waals surface area contributed by atoms with Gasteiger partial charge in [-0.3, -0.25) is 0 Å². The minimum atomic E-state index is -0.169. The fourth-order valence-electron chi connectivity index (χ4n) is 2.70. The lowest BCUT2D eigenvalue weighted by molar-refractivity contribution is 0.264. The molecule has 5 heteroatoms. The molecule has 0 amide bonds. The first-order valence-electron chi connectivity index (χ1n) is 8.45. The quantitative estimate of drug-likeness (QED) is 0.599. The van der Waals surface area contributed by atoms with Gasteiger partial charge in [0.05, 0.1) is 6.54 Å². The van der Waals surface area contributed by atoms with E-state index in [0.717, 1.165) is 30.5 Å². The number of guanidine groups is 1. The Bertz CT molecular complexity index is 536. The van der Waals surface area contributed by atoms with E-state index in [0.29, 0.717) is 18.2 Å². The van der Waals surface area contributed by atoms with Crippen LogP contribution in [0.15, 0.2) is 23.2 Å². The Morgan fingerprint density at radius 3 is 2.65 bits per heavy atom. The Morgan fingerprint density at radius 1 is 1.35 bits per heavy atom. The zero-order valence-electron chi connectivity index (χ0n) is 14.7. The molecule has 1 aliphatic carbocycles. The molecular weight excluding hydrogens is 291 g/mol. The number of aliphatic imine (C=N–C) groups is 1. The molecule has 1 fully saturated rings. The van der Waals surface area contributed by atoms with Gasteiger partial charge in [-0.2, -0.15) is 0 Å². The van der Waals surface area contributed by atoms with Gasteiger partial charge in [0.15, 0.2) is 5.96 Å². The van der Waals surface area contributed by atoms with Crippen molar-refractivity contribution in [2.24, 2.45) is 10.9 Å². The summed E-state index contributed by atoms with van der Waals surface area (Å²) in [6.45, 7) is 5.98. The van der Waals surface area contributed by atoms with E-state index in [1.807, 2.05) is 13.0 Å². The molecule has 1 unspecified atom stereocenters. The van der Waals surface area contributed by atoms with Crippen LogP contribution in [-0.2, 0) is 6.54 Å². The number of aryl methyl sites for hydroxylation is 1. The summed E-state index contributed by atoms with van der Waals surface area (Å²) in [5, 5.41) is 6.68. The van der Waals surface area contributed by atoms with Crippen molar-refractivity contribution < 1.29 is 4.39 Å². The van der Waals surface area contributed by atoms with E-state index in [1.165, 1.54) is 12.8 Å². The summed E-state index contributed by atoms with van der Waals surface area (Å²) in [6.07, 6.45) is 2.64. The number of rotatable bonds is 7. The average Bonchev–Trinajstić information content (AvgIpc) is 3.32. The van der Waals surface area contributed by atoms with Crippen LogP contribution in [0.25, 0.3) is 0 Å². The molecule has 2 N–H and O–H groups in total. The van der Waals surface area contributed by atoms with Crippen molar-refractivity contribution in [1.29, 1.82) is 0 Å². The molecule has 0 saturated heterocycles. The highest BCUT2D eigenvalue weighted by atomic mass is 19.1. The summed E-state index contributed by atoms with van der Waals surface area (Å²) >= 11 is 0. The normalized spacial score (nSPS) is 16.5. The monoisotopic (exact) mass is 320 g/mol. The second kappa shape index (κ2) is 8.29. The van der Waals surface area contributed by atoms with E-state index in [-0.39, 0.29) is 5.82 Å². The van der Waals surface area contributed by atoms with Crippen LogP contribution in [0.4, 0.5) is 4.39 Å². The van der Waals surface area contributed by atoms with Crippen molar-refractivity contribution in [3.63, 3.8) is 0 Å². The smallest absolute Gasteiger partial charge is 0.191 e. The summed E-state index contributed by atoms with van der Waals surface area (Å²) in [4.78, 5) is 6.86. The van der Waals surface area contributed by atoms with E-state index in [4.69, 9.17) is 0 Å². The van der Waals surface area contributed by atoms with Crippen LogP contribution in [0.2, 0.25) is 0 Å². The van der Waals surface area contributed by atoms with Gasteiger partial charge in [-0.05, 0) is 63.9 Å². The van der Waals surface area contributed by atoms with Crippen LogP contribution in [0.5, 0.6) is 0 Å². The molecule has 1 aromatic carbocycles. The van der Waals surface area contributed by atoms with E-state index >= 15 is 0 Å². The Labute approximate surface area is 139 Å². The zero-order valence-corrected chi connectivity index (χ0v) is 14.7. The number of benzene rings is 1. The van der Waals surface area contributed by atoms with Gasteiger partial charge in [0.1, 0.15) is 5.82 Å². The van der Waals surface area contributed by atoms with E-state index < -0.39 is 0 Å². The zero-order chi connectivity index (χ0) is 16.8. The summed E-state index contributed by atoms with van der Waals surface area (Å²) in [5.74, 6) is 1.42. The molecule has 0 radical (unpaired) electrons. The second-order valence-corrected chi connectivity index (χ2v) is 6.53. The van der Waals surface area contributed by atoms with Gasteiger partial charge >= 0.3 is 0 Å². The molecule has 1 saturated carbocycles. The van der Waals surface area contributed by atoms with E-state index in [1.54, 1.807) is 19.1 Å². The Hall–Kier alpha value is -1.62. The maximum atomic E-state index is 13.6. The maximum Gasteiger partial charge on any atom is 0.191 e. The number of halogens is 1. The molecule has 1 atom stereocenters. The molecule has 0 aliphatic heterocycles. The first kappa shape index (κ1) is 17.7. The number of hydrogen-bond donors (Lipinski definition) is 2. The Balaban J connectivity index is 1.94. The van der Waals surface area contributed by atoms with Crippen LogP contribution in [0.1, 0.15) is 30.9 Å². The summed E-state index contributed by atoms with van der Waals surface area (Å²) in [5.41, 5.74) is 1.55. The van der Waals surface area contributed by atoms with Crippen molar-refractivity contribution in [1.82, 2.24) is 15.5 Å². The van der Waals surface area contributed by atoms with Crippen molar-refractivity contribution in [2.45, 2.75) is 39.3 Å². The van der Waals surface area contributed by atoms with Crippen molar-refractivity contribution >= 4 is 5.96 Å². The van der Waals surface area contributed by atoms with Gasteiger partial charge in [0.25, 0.3) is 0 Å². The maximum absolute atomic E-state index is 13.6. The molecule has 2 rings (SSSR count). The molecule has 0 aromatic heterocycles. The molecule has 0 bridgehead atoms. The molecule has 4 nitrogen and oxygen atoms in total. The third kappa shape index (κ3) is 5.50. The summed E-state index contributed by atoms with van der Waals surface area (Å²) < 4.78 is 13.6. The molecule has 0 heterocycles. The van der Waals surface area contributed by atoms with Crippen molar-refractivity contribution in [3.8, 4) is 0 Å². The molecule has 128 valence electrons. The van der Waals surface area contributed by atoms with E-state index in [9.17, 15) is 4.39 Å². The van der Waals surface area contributed by atoms with Crippen LogP contribution in [-0.4, -0.2) is 44.1 Å². The van der Waals surface area contributed by atoms with Crippen LogP contribution >= 0.6 is 0 Å². The number of hydrogen-bond acceptors (Lipinski definition) is 2. The van der Waals surface area contributed by atoms with Crippen molar-refractivity contribution in [2.75, 3.05) is 27.2 Å². The van der Waals surface area contributed by atoms with E-state index in [2.05, 4.69) is 34.6 Å². The first-order valence-corrected chi connectivity index (χ1v) is 8.45. The van der Waals surface area contributed by atoms with Crippen LogP contribution < -0.4 is 10.6 Å². The topological polar surface area (TPSA) is 39.7 Å². The van der Waals surface area contributed by atoms with Gasteiger partial charge in [-0.25, -0.2) is 9.38 Å². The number of likely N-dealkylation sites (N-methyl/N-ethyl adjacent to an activating group) is 1. The highest BCUT2D eigenvalue weighted by molar-refractivity contribution is 5.79. The Morgan fingerprint density at radius 2 is 2.09 bits per heavy atom. The molecule has 23 heavy (non-hydrogen) atoms. The van der Waals surface area contributed by atoms with Crippen LogP contribution in [0.3, 0.4) is 0 Å². The van der Waals surface area contributed by atoms with Crippen molar-refractivity contribution in [3.05, 3.63) is 35.1 Å². The minimum absolute atomic E-state index is 0.169. The third-order valence-corrected chi connectivity index (χ3v) is 4.31. The van der Waals surface area contributed by atoms with Gasteiger partial charge < -0.3 is 15.5 Å². The largest absolute Gasteiger partial charge is 0.357 e. The fourth-order valence-corrected chi connectivity index (χ4v) is 2.70. The summed E-state index contributed by atoms with van der Waals surface area (Å²) in [6, 6.07) is 5.83. The molecule has 1 aromatic rings. The lowest BCUT2D eigenvalue weighted by Crippen LogP contribution is -2.46. The lowest BCUT2D eigenvalue weighted by atomic mass is 10.1. The SMILES string of the molecule is CCNC(=NCc1ccc(C)c(F)c1)NCC(C1CC1)N(C)C. The fraction of sp³-hybridized carbons (Fsp3) is 0.611. The lowest BCUT2D eigenvalue weighted by Gasteiger charge is -2.25. The number of nitrogens with zero attached hydrogens (tertiary/aromatic N) is 2. The molecule has 1 aliphatic rings. The first-order chi connectivity index (χ1) is 11.0. The molecule has 0 spiro atoms. The predicted octanol–water partition coefficient (Wildman–Crippen LogP) is 2.53. The van der Waals surface area contributed by atoms with Gasteiger partial charge in [0.2, 0.25) is 0 Å². The summed E-state index contributed by atoms with van der Waals surface area (Å²) in [7, 11) is 4.26. The second-order valence-electron chi connectivity index (χ2n) is 6.53. The molecular formula is C18H29FN4. The van der Waals surface area contributed by atoms with Crippen LogP contribution in [0, 0.1) is 18.7 Å². The Kier molecular flexibility index (Phi) is 6.39. The standard InChI is InChI=1S/C18H29FN4/c1-5-20-18(22-12-17(23(3)4)15-8-9-15)21-11-14-7-6-13(2)16(19)10-14/h6-7,10,15,17H,5,8-9,11-12H2,1-4H3,(H2,20,21,22). The van der Waals surface area contributed by atoms with Gasteiger partial charge in [-0.1, -0.05) is 12.1 Å². The number of nitrogens with one attached hydrogen (secondary N) is 2. The predicted molar refractivity (Wildman–Crippen MR) is 94.2 cm³/mol.